The Morgan fingerprint density at radius 1 is 1.42 bits per heavy atom. The van der Waals surface area contributed by atoms with Gasteiger partial charge in [0.15, 0.2) is 0 Å². The smallest absolute Gasteiger partial charge is 0.251 e. The fourth-order valence-corrected chi connectivity index (χ4v) is 1.57. The van der Waals surface area contributed by atoms with Crippen LogP contribution >= 0.6 is 12.4 Å². The van der Waals surface area contributed by atoms with Crippen molar-refractivity contribution in [2.75, 3.05) is 13.2 Å². The summed E-state index contributed by atoms with van der Waals surface area (Å²) in [4.78, 5) is 11.8. The van der Waals surface area contributed by atoms with Gasteiger partial charge in [-0.3, -0.25) is 4.79 Å². The van der Waals surface area contributed by atoms with Crippen molar-refractivity contribution in [2.45, 2.75) is 25.8 Å². The molecule has 1 aromatic rings. The number of hydrogen-bond acceptors (Lipinski definition) is 3. The van der Waals surface area contributed by atoms with Gasteiger partial charge in [-0.25, -0.2) is 0 Å². The Hall–Kier alpha value is -1.26. The van der Waals surface area contributed by atoms with Crippen LogP contribution in [0.2, 0.25) is 0 Å². The highest BCUT2D eigenvalue weighted by molar-refractivity contribution is 5.94. The second kappa shape index (κ2) is 7.36. The van der Waals surface area contributed by atoms with Crippen molar-refractivity contribution in [3.05, 3.63) is 29.8 Å². The van der Waals surface area contributed by atoms with E-state index in [1.54, 1.807) is 12.1 Å². The molecule has 4 nitrogen and oxygen atoms in total. The highest BCUT2D eigenvalue weighted by Crippen LogP contribution is 2.29. The largest absolute Gasteiger partial charge is 0.493 e. The van der Waals surface area contributed by atoms with E-state index < -0.39 is 0 Å². The van der Waals surface area contributed by atoms with Gasteiger partial charge in [0, 0.05) is 18.2 Å². The van der Waals surface area contributed by atoms with Crippen molar-refractivity contribution in [3.63, 3.8) is 0 Å². The molecular weight excluding hydrogens is 264 g/mol. The molecule has 106 valence electrons. The van der Waals surface area contributed by atoms with Gasteiger partial charge in [0.05, 0.1) is 6.61 Å². The molecule has 0 spiro atoms. The maximum atomic E-state index is 11.8. The molecule has 5 heteroatoms. The van der Waals surface area contributed by atoms with Crippen molar-refractivity contribution in [1.29, 1.82) is 0 Å². The zero-order valence-electron chi connectivity index (χ0n) is 11.1. The summed E-state index contributed by atoms with van der Waals surface area (Å²) in [5, 5.41) is 2.82. The van der Waals surface area contributed by atoms with Gasteiger partial charge in [0.25, 0.3) is 5.91 Å². The number of amides is 1. The highest BCUT2D eigenvalue weighted by atomic mass is 35.5. The summed E-state index contributed by atoms with van der Waals surface area (Å²) in [6, 6.07) is 7.22. The predicted octanol–water partition coefficient (Wildman–Crippen LogP) is 1.97. The molecule has 1 aromatic carbocycles. The second-order valence-electron chi connectivity index (χ2n) is 4.89. The predicted molar refractivity (Wildman–Crippen MR) is 77.9 cm³/mol. The molecule has 2 rings (SSSR count). The quantitative estimate of drug-likeness (QED) is 0.839. The molecule has 1 saturated carbocycles. The van der Waals surface area contributed by atoms with Gasteiger partial charge >= 0.3 is 0 Å². The first-order valence-electron chi connectivity index (χ1n) is 6.43. The van der Waals surface area contributed by atoms with Gasteiger partial charge in [0.1, 0.15) is 5.75 Å². The molecule has 0 unspecified atom stereocenters. The van der Waals surface area contributed by atoms with Gasteiger partial charge in [0.2, 0.25) is 0 Å². The van der Waals surface area contributed by atoms with Crippen LogP contribution in [0.1, 0.15) is 30.1 Å². The van der Waals surface area contributed by atoms with Gasteiger partial charge < -0.3 is 15.8 Å². The molecule has 1 aliphatic rings. The van der Waals surface area contributed by atoms with E-state index in [2.05, 4.69) is 5.32 Å². The van der Waals surface area contributed by atoms with Crippen LogP contribution < -0.4 is 15.8 Å². The number of benzene rings is 1. The first-order valence-corrected chi connectivity index (χ1v) is 6.43. The van der Waals surface area contributed by atoms with Crippen molar-refractivity contribution < 1.29 is 9.53 Å². The minimum Gasteiger partial charge on any atom is -0.493 e. The highest BCUT2D eigenvalue weighted by Gasteiger charge is 2.21. The Kier molecular flexibility index (Phi) is 6.12. The van der Waals surface area contributed by atoms with E-state index in [1.165, 1.54) is 12.8 Å². The lowest BCUT2D eigenvalue weighted by molar-refractivity contribution is 0.0941. The van der Waals surface area contributed by atoms with E-state index in [-0.39, 0.29) is 24.4 Å². The maximum Gasteiger partial charge on any atom is 0.251 e. The van der Waals surface area contributed by atoms with Crippen molar-refractivity contribution in [3.8, 4) is 5.75 Å². The lowest BCUT2D eigenvalue weighted by Crippen LogP contribution is -2.37. The van der Waals surface area contributed by atoms with E-state index in [1.807, 2.05) is 19.1 Å². The lowest BCUT2D eigenvalue weighted by atomic mass is 10.2. The summed E-state index contributed by atoms with van der Waals surface area (Å²) in [7, 11) is 0. The van der Waals surface area contributed by atoms with Gasteiger partial charge in [-0.1, -0.05) is 0 Å². The van der Waals surface area contributed by atoms with Crippen LogP contribution in [0.5, 0.6) is 5.75 Å². The van der Waals surface area contributed by atoms with Crippen LogP contribution in [0.15, 0.2) is 24.3 Å². The van der Waals surface area contributed by atoms with Gasteiger partial charge in [-0.15, -0.1) is 12.4 Å². The SMILES string of the molecule is C[C@@H](CN)NC(=O)c1ccc(OCC2CC2)cc1.Cl. The van der Waals surface area contributed by atoms with Crippen molar-refractivity contribution in [1.82, 2.24) is 5.32 Å². The third kappa shape index (κ3) is 5.09. The number of rotatable bonds is 6. The molecule has 1 fully saturated rings. The Bertz CT molecular complexity index is 404. The zero-order chi connectivity index (χ0) is 13.0. The summed E-state index contributed by atoms with van der Waals surface area (Å²) in [5.41, 5.74) is 6.09. The summed E-state index contributed by atoms with van der Waals surface area (Å²) in [6.45, 7) is 3.11. The van der Waals surface area contributed by atoms with E-state index in [0.29, 0.717) is 12.1 Å². The molecule has 1 amide bonds. The first-order chi connectivity index (χ1) is 8.69. The average molecular weight is 285 g/mol. The van der Waals surface area contributed by atoms with Crippen LogP contribution in [0.25, 0.3) is 0 Å². The first kappa shape index (κ1) is 15.8. The normalized spacial score (nSPS) is 15.3. The summed E-state index contributed by atoms with van der Waals surface area (Å²) >= 11 is 0. The number of nitrogens with one attached hydrogen (secondary N) is 1. The second-order valence-corrected chi connectivity index (χ2v) is 4.89. The lowest BCUT2D eigenvalue weighted by Gasteiger charge is -2.11. The maximum absolute atomic E-state index is 11.8. The van der Waals surface area contributed by atoms with Crippen LogP contribution in [-0.4, -0.2) is 25.1 Å². The van der Waals surface area contributed by atoms with Crippen LogP contribution in [0.4, 0.5) is 0 Å². The molecule has 0 heterocycles. The van der Waals surface area contributed by atoms with E-state index in [9.17, 15) is 4.79 Å². The minimum absolute atomic E-state index is 0. The Morgan fingerprint density at radius 3 is 2.58 bits per heavy atom. The fourth-order valence-electron chi connectivity index (χ4n) is 1.57. The fraction of sp³-hybridized carbons (Fsp3) is 0.500. The van der Waals surface area contributed by atoms with Gasteiger partial charge in [-0.05, 0) is 49.9 Å². The Balaban J connectivity index is 0.00000180. The molecule has 0 radical (unpaired) electrons. The molecule has 19 heavy (non-hydrogen) atoms. The number of halogens is 1. The summed E-state index contributed by atoms with van der Waals surface area (Å²) < 4.78 is 5.62. The zero-order valence-corrected chi connectivity index (χ0v) is 11.9. The van der Waals surface area contributed by atoms with E-state index >= 15 is 0 Å². The third-order valence-corrected chi connectivity index (χ3v) is 3.03. The molecule has 0 saturated heterocycles. The third-order valence-electron chi connectivity index (χ3n) is 3.03. The summed E-state index contributed by atoms with van der Waals surface area (Å²) in [5.74, 6) is 1.46. The topological polar surface area (TPSA) is 64.3 Å². The molecule has 1 aliphatic carbocycles. The molecule has 1 atom stereocenters. The van der Waals surface area contributed by atoms with Crippen LogP contribution in [0.3, 0.4) is 0 Å². The number of carbonyl (C=O) groups is 1. The minimum atomic E-state index is -0.0957. The molecule has 0 bridgehead atoms. The number of carbonyl (C=O) groups excluding carboxylic acids is 1. The van der Waals surface area contributed by atoms with E-state index in [4.69, 9.17) is 10.5 Å². The molecule has 3 N–H and O–H groups in total. The number of ether oxygens (including phenoxy) is 1. The molecule has 0 aromatic heterocycles. The average Bonchev–Trinajstić information content (AvgIpc) is 3.20. The van der Waals surface area contributed by atoms with Crippen LogP contribution in [0, 0.1) is 5.92 Å². The van der Waals surface area contributed by atoms with Crippen molar-refractivity contribution >= 4 is 18.3 Å². The Morgan fingerprint density at radius 2 is 2.05 bits per heavy atom. The van der Waals surface area contributed by atoms with E-state index in [0.717, 1.165) is 18.3 Å². The number of hydrogen-bond donors (Lipinski definition) is 2. The monoisotopic (exact) mass is 284 g/mol. The molecule has 0 aliphatic heterocycles. The Labute approximate surface area is 120 Å². The van der Waals surface area contributed by atoms with Crippen molar-refractivity contribution in [2.24, 2.45) is 11.7 Å². The standard InChI is InChI=1S/C14H20N2O2.ClH/c1-10(8-15)16-14(17)12-4-6-13(7-5-12)18-9-11-2-3-11;/h4-7,10-11H,2-3,8-9,15H2,1H3,(H,16,17);1H/t10-;/m0./s1. The van der Waals surface area contributed by atoms with Crippen LogP contribution in [-0.2, 0) is 0 Å². The summed E-state index contributed by atoms with van der Waals surface area (Å²) in [6.07, 6.45) is 2.55. The van der Waals surface area contributed by atoms with Gasteiger partial charge in [-0.2, -0.15) is 0 Å². The molecular formula is C14H21ClN2O2. The number of nitrogens with two attached hydrogens (primary N) is 1.